The number of Topliss-reactive ketones (excluding diaryl/α,β-unsaturated/α-hetero) is 1. The first-order valence-electron chi connectivity index (χ1n) is 5.07. The summed E-state index contributed by atoms with van der Waals surface area (Å²) in [4.78, 5) is 11.8. The van der Waals surface area contributed by atoms with E-state index in [2.05, 4.69) is 0 Å². The molecule has 0 aliphatic carbocycles. The van der Waals surface area contributed by atoms with Crippen molar-refractivity contribution in [2.24, 2.45) is 0 Å². The molecule has 0 fully saturated rings. The first-order valence-corrected chi connectivity index (χ1v) is 5.07. The smallest absolute Gasteiger partial charge is 0.201 e. The Kier molecular flexibility index (Phi) is 3.10. The highest BCUT2D eigenvalue weighted by Gasteiger charge is 2.20. The lowest BCUT2D eigenvalue weighted by Crippen LogP contribution is -2.07. The molecule has 0 saturated heterocycles. The van der Waals surface area contributed by atoms with Gasteiger partial charge >= 0.3 is 0 Å². The van der Waals surface area contributed by atoms with E-state index in [0.29, 0.717) is 11.1 Å². The molecule has 0 aliphatic rings. The summed E-state index contributed by atoms with van der Waals surface area (Å²) in [7, 11) is 0. The van der Waals surface area contributed by atoms with Gasteiger partial charge < -0.3 is 0 Å². The maximum Gasteiger partial charge on any atom is 0.201 e. The predicted molar refractivity (Wildman–Crippen MR) is 61.1 cm³/mol. The molecule has 0 aromatic heterocycles. The molecule has 1 nitrogen and oxygen atoms in total. The normalized spacial score (nSPS) is 12.1. The van der Waals surface area contributed by atoms with Crippen LogP contribution in [0.25, 0.3) is 0 Å². The Morgan fingerprint density at radius 1 is 0.875 bits per heavy atom. The number of hydrogen-bond acceptors (Lipinski definition) is 1. The molecule has 1 atom stereocenters. The topological polar surface area (TPSA) is 17.1 Å². The van der Waals surface area contributed by atoms with Crippen LogP contribution in [0.3, 0.4) is 0 Å². The first kappa shape index (κ1) is 10.6. The lowest BCUT2D eigenvalue weighted by molar-refractivity contribution is 0.0878. The van der Waals surface area contributed by atoms with Gasteiger partial charge in [-0.15, -0.1) is 0 Å². The van der Waals surface area contributed by atoms with Crippen LogP contribution in [-0.4, -0.2) is 5.78 Å². The van der Waals surface area contributed by atoms with Crippen molar-refractivity contribution in [3.8, 4) is 0 Å². The highest BCUT2D eigenvalue weighted by molar-refractivity contribution is 5.99. The summed E-state index contributed by atoms with van der Waals surface area (Å²) in [6.45, 7) is 0. The number of alkyl halides is 1. The minimum Gasteiger partial charge on any atom is -0.290 e. The predicted octanol–water partition coefficient (Wildman–Crippen LogP) is 3.58. The summed E-state index contributed by atoms with van der Waals surface area (Å²) in [6.07, 6.45) is -1.58. The Morgan fingerprint density at radius 2 is 1.38 bits per heavy atom. The molecule has 0 radical (unpaired) electrons. The second-order valence-electron chi connectivity index (χ2n) is 3.50. The fraction of sp³-hybridized carbons (Fsp3) is 0.0714. The van der Waals surface area contributed by atoms with Gasteiger partial charge in [0.05, 0.1) is 0 Å². The molecule has 0 saturated carbocycles. The molecular formula is C14H11FO. The zero-order chi connectivity index (χ0) is 11.4. The minimum absolute atomic E-state index is 0.399. The second kappa shape index (κ2) is 4.71. The number of benzene rings is 2. The zero-order valence-electron chi connectivity index (χ0n) is 8.64. The van der Waals surface area contributed by atoms with E-state index >= 15 is 0 Å². The van der Waals surface area contributed by atoms with Crippen LogP contribution in [0.1, 0.15) is 22.1 Å². The van der Waals surface area contributed by atoms with Crippen molar-refractivity contribution in [1.82, 2.24) is 0 Å². The van der Waals surface area contributed by atoms with Gasteiger partial charge in [-0.05, 0) is 5.56 Å². The largest absolute Gasteiger partial charge is 0.290 e. The van der Waals surface area contributed by atoms with E-state index in [-0.39, 0.29) is 0 Å². The van der Waals surface area contributed by atoms with E-state index in [1.54, 1.807) is 60.7 Å². The number of carbonyl (C=O) groups excluding carboxylic acids is 1. The van der Waals surface area contributed by atoms with Crippen LogP contribution >= 0.6 is 0 Å². The van der Waals surface area contributed by atoms with Gasteiger partial charge in [-0.3, -0.25) is 4.79 Å². The van der Waals surface area contributed by atoms with Gasteiger partial charge in [0.1, 0.15) is 0 Å². The number of carbonyl (C=O) groups is 1. The SMILES string of the molecule is O=C(c1ccccc1)C(F)c1ccccc1. The van der Waals surface area contributed by atoms with Crippen LogP contribution in [0.15, 0.2) is 60.7 Å². The van der Waals surface area contributed by atoms with Gasteiger partial charge in [-0.1, -0.05) is 60.7 Å². The van der Waals surface area contributed by atoms with Gasteiger partial charge in [0, 0.05) is 5.56 Å². The molecule has 2 heteroatoms. The Labute approximate surface area is 93.5 Å². The average molecular weight is 214 g/mol. The molecule has 1 unspecified atom stereocenters. The van der Waals surface area contributed by atoms with Gasteiger partial charge in [-0.25, -0.2) is 4.39 Å². The Balaban J connectivity index is 2.24. The third-order valence-corrected chi connectivity index (χ3v) is 2.38. The summed E-state index contributed by atoms with van der Waals surface area (Å²) in [5.41, 5.74) is 0.801. The summed E-state index contributed by atoms with van der Waals surface area (Å²) < 4.78 is 13.9. The second-order valence-corrected chi connectivity index (χ2v) is 3.50. The highest BCUT2D eigenvalue weighted by Crippen LogP contribution is 2.21. The van der Waals surface area contributed by atoms with Gasteiger partial charge in [0.2, 0.25) is 5.78 Å². The van der Waals surface area contributed by atoms with E-state index in [1.807, 2.05) is 0 Å². The standard InChI is InChI=1S/C14H11FO/c15-13(11-7-3-1-4-8-11)14(16)12-9-5-2-6-10-12/h1-10,13H. The summed E-state index contributed by atoms with van der Waals surface area (Å²) in [5, 5.41) is 0. The molecule has 2 aromatic carbocycles. The lowest BCUT2D eigenvalue weighted by atomic mass is 10.0. The summed E-state index contributed by atoms with van der Waals surface area (Å²) in [5.74, 6) is -0.494. The molecular weight excluding hydrogens is 203 g/mol. The number of rotatable bonds is 3. The Morgan fingerprint density at radius 3 is 1.94 bits per heavy atom. The maximum absolute atomic E-state index is 13.9. The maximum atomic E-state index is 13.9. The zero-order valence-corrected chi connectivity index (χ0v) is 8.64. The molecule has 16 heavy (non-hydrogen) atoms. The molecule has 0 N–H and O–H groups in total. The van der Waals surface area contributed by atoms with Crippen LogP contribution in [0.5, 0.6) is 0 Å². The monoisotopic (exact) mass is 214 g/mol. The fourth-order valence-electron chi connectivity index (χ4n) is 1.52. The van der Waals surface area contributed by atoms with Gasteiger partial charge in [0.15, 0.2) is 6.17 Å². The van der Waals surface area contributed by atoms with E-state index < -0.39 is 12.0 Å². The van der Waals surface area contributed by atoms with Crippen LogP contribution in [-0.2, 0) is 0 Å². The number of halogens is 1. The van der Waals surface area contributed by atoms with E-state index in [1.165, 1.54) is 0 Å². The number of hydrogen-bond donors (Lipinski definition) is 0. The van der Waals surface area contributed by atoms with Gasteiger partial charge in [0.25, 0.3) is 0 Å². The van der Waals surface area contributed by atoms with Crippen LogP contribution in [0.2, 0.25) is 0 Å². The van der Waals surface area contributed by atoms with Crippen molar-refractivity contribution >= 4 is 5.78 Å². The van der Waals surface area contributed by atoms with Crippen LogP contribution < -0.4 is 0 Å². The van der Waals surface area contributed by atoms with Crippen LogP contribution in [0, 0.1) is 0 Å². The molecule has 0 bridgehead atoms. The third-order valence-electron chi connectivity index (χ3n) is 2.38. The number of ketones is 1. The molecule has 0 amide bonds. The lowest BCUT2D eigenvalue weighted by Gasteiger charge is -2.07. The van der Waals surface area contributed by atoms with E-state index in [4.69, 9.17) is 0 Å². The molecule has 0 heterocycles. The summed E-state index contributed by atoms with van der Waals surface area (Å²) >= 11 is 0. The Bertz CT molecular complexity index is 465. The third kappa shape index (κ3) is 2.16. The van der Waals surface area contributed by atoms with E-state index in [0.717, 1.165) is 0 Å². The highest BCUT2D eigenvalue weighted by atomic mass is 19.1. The molecule has 2 rings (SSSR count). The molecule has 80 valence electrons. The van der Waals surface area contributed by atoms with Crippen molar-refractivity contribution < 1.29 is 9.18 Å². The minimum atomic E-state index is -1.58. The van der Waals surface area contributed by atoms with Crippen molar-refractivity contribution in [3.05, 3.63) is 71.8 Å². The van der Waals surface area contributed by atoms with Crippen molar-refractivity contribution in [3.63, 3.8) is 0 Å². The molecule has 0 aliphatic heterocycles. The Hall–Kier alpha value is -1.96. The fourth-order valence-corrected chi connectivity index (χ4v) is 1.52. The van der Waals surface area contributed by atoms with Crippen molar-refractivity contribution in [2.75, 3.05) is 0 Å². The first-order chi connectivity index (χ1) is 7.79. The van der Waals surface area contributed by atoms with Crippen LogP contribution in [0.4, 0.5) is 4.39 Å². The molecule has 0 spiro atoms. The molecule has 2 aromatic rings. The van der Waals surface area contributed by atoms with E-state index in [9.17, 15) is 9.18 Å². The average Bonchev–Trinajstić information content (AvgIpc) is 2.39. The van der Waals surface area contributed by atoms with Crippen molar-refractivity contribution in [2.45, 2.75) is 6.17 Å². The van der Waals surface area contributed by atoms with Crippen molar-refractivity contribution in [1.29, 1.82) is 0 Å². The van der Waals surface area contributed by atoms with Gasteiger partial charge in [-0.2, -0.15) is 0 Å². The quantitative estimate of drug-likeness (QED) is 0.714. The summed E-state index contributed by atoms with van der Waals surface area (Å²) in [6, 6.07) is 17.0.